The van der Waals surface area contributed by atoms with Crippen molar-refractivity contribution in [3.63, 3.8) is 0 Å². The zero-order valence-electron chi connectivity index (χ0n) is 12.0. The van der Waals surface area contributed by atoms with E-state index >= 15 is 0 Å². The number of hydrogen-bond acceptors (Lipinski definition) is 2. The molecule has 0 aliphatic rings. The maximum absolute atomic E-state index is 10.6. The Labute approximate surface area is 124 Å². The summed E-state index contributed by atoms with van der Waals surface area (Å²) in [5, 5.41) is 12.1. The minimum atomic E-state index is -0.810. The van der Waals surface area contributed by atoms with E-state index in [1.165, 1.54) is 5.56 Å². The minimum Gasteiger partial charge on any atom is -0.481 e. The molecule has 0 aliphatic carbocycles. The van der Waals surface area contributed by atoms with Crippen molar-refractivity contribution >= 4 is 17.7 Å². The third-order valence-corrected chi connectivity index (χ3v) is 3.08. The molecule has 0 amide bonds. The summed E-state index contributed by atoms with van der Waals surface area (Å²) in [4.78, 5) is 10.6. The zero-order valence-corrected chi connectivity index (χ0v) is 12.0. The average Bonchev–Trinajstić information content (AvgIpc) is 2.48. The molecule has 108 valence electrons. The molecule has 0 spiro atoms. The molecule has 0 heterocycles. The molecular weight excluding hydrogens is 262 g/mol. The van der Waals surface area contributed by atoms with Crippen molar-refractivity contribution in [2.45, 2.75) is 19.4 Å². The van der Waals surface area contributed by atoms with E-state index in [1.54, 1.807) is 0 Å². The van der Waals surface area contributed by atoms with Gasteiger partial charge in [-0.15, -0.1) is 0 Å². The fraction of sp³-hybridized carbons (Fsp3) is 0.167. The second-order valence-corrected chi connectivity index (χ2v) is 4.97. The number of hydrogen-bond donors (Lipinski definition) is 2. The quantitative estimate of drug-likeness (QED) is 0.846. The van der Waals surface area contributed by atoms with Gasteiger partial charge in [-0.3, -0.25) is 4.79 Å². The van der Waals surface area contributed by atoms with Gasteiger partial charge in [-0.2, -0.15) is 0 Å². The van der Waals surface area contributed by atoms with Gasteiger partial charge in [-0.1, -0.05) is 54.6 Å². The van der Waals surface area contributed by atoms with Gasteiger partial charge in [0.15, 0.2) is 0 Å². The Hall–Kier alpha value is -2.55. The highest BCUT2D eigenvalue weighted by Crippen LogP contribution is 2.12. The van der Waals surface area contributed by atoms with Crippen molar-refractivity contribution in [2.24, 2.45) is 0 Å². The van der Waals surface area contributed by atoms with E-state index in [-0.39, 0.29) is 12.5 Å². The van der Waals surface area contributed by atoms with Gasteiger partial charge in [0.25, 0.3) is 0 Å². The Morgan fingerprint density at radius 1 is 1.14 bits per heavy atom. The molecule has 1 atom stereocenters. The van der Waals surface area contributed by atoms with E-state index < -0.39 is 5.97 Å². The van der Waals surface area contributed by atoms with Crippen molar-refractivity contribution in [3.8, 4) is 0 Å². The number of carboxylic acid groups (broad SMARTS) is 1. The highest BCUT2D eigenvalue weighted by atomic mass is 16.4. The van der Waals surface area contributed by atoms with Gasteiger partial charge >= 0.3 is 5.97 Å². The summed E-state index contributed by atoms with van der Waals surface area (Å²) < 4.78 is 0. The average molecular weight is 281 g/mol. The Balaban J connectivity index is 1.92. The largest absolute Gasteiger partial charge is 0.481 e. The molecule has 21 heavy (non-hydrogen) atoms. The lowest BCUT2D eigenvalue weighted by Gasteiger charge is -2.11. The summed E-state index contributed by atoms with van der Waals surface area (Å²) in [6.45, 7) is 2.07. The normalized spacial score (nSPS) is 12.2. The highest BCUT2D eigenvalue weighted by Gasteiger charge is 2.01. The van der Waals surface area contributed by atoms with Crippen molar-refractivity contribution in [1.29, 1.82) is 0 Å². The summed E-state index contributed by atoms with van der Waals surface area (Å²) in [5.41, 5.74) is 2.96. The monoisotopic (exact) mass is 281 g/mol. The third kappa shape index (κ3) is 5.15. The molecule has 0 aliphatic heterocycles. The van der Waals surface area contributed by atoms with Crippen LogP contribution in [0, 0.1) is 0 Å². The fourth-order valence-corrected chi connectivity index (χ4v) is 2.02. The Kier molecular flexibility index (Phi) is 5.16. The van der Waals surface area contributed by atoms with Crippen LogP contribution in [0.25, 0.3) is 6.08 Å². The highest BCUT2D eigenvalue weighted by molar-refractivity contribution is 5.70. The van der Waals surface area contributed by atoms with Gasteiger partial charge in [0.2, 0.25) is 0 Å². The lowest BCUT2D eigenvalue weighted by molar-refractivity contribution is -0.136. The number of rotatable bonds is 6. The molecule has 2 aromatic carbocycles. The number of anilines is 1. The smallest absolute Gasteiger partial charge is 0.307 e. The van der Waals surface area contributed by atoms with Crippen molar-refractivity contribution in [3.05, 3.63) is 71.8 Å². The first kappa shape index (κ1) is 14.9. The van der Waals surface area contributed by atoms with Crippen molar-refractivity contribution in [1.82, 2.24) is 0 Å². The molecule has 0 saturated carbocycles. The zero-order chi connectivity index (χ0) is 15.1. The number of carbonyl (C=O) groups is 1. The van der Waals surface area contributed by atoms with Crippen LogP contribution in [0.3, 0.4) is 0 Å². The van der Waals surface area contributed by atoms with Crippen LogP contribution in [0.4, 0.5) is 5.69 Å². The second kappa shape index (κ2) is 7.29. The van der Waals surface area contributed by atoms with Crippen LogP contribution in [0.15, 0.2) is 60.7 Å². The first-order chi connectivity index (χ1) is 10.1. The van der Waals surface area contributed by atoms with Gasteiger partial charge in [0, 0.05) is 11.7 Å². The number of aliphatic carboxylic acids is 1. The van der Waals surface area contributed by atoms with Crippen molar-refractivity contribution in [2.75, 3.05) is 5.32 Å². The molecule has 3 nitrogen and oxygen atoms in total. The van der Waals surface area contributed by atoms with Crippen LogP contribution >= 0.6 is 0 Å². The topological polar surface area (TPSA) is 49.3 Å². The molecule has 1 unspecified atom stereocenters. The molecule has 0 bridgehead atoms. The molecule has 2 aromatic rings. The first-order valence-electron chi connectivity index (χ1n) is 6.94. The molecule has 3 heteroatoms. The van der Waals surface area contributed by atoms with E-state index in [1.807, 2.05) is 42.5 Å². The summed E-state index contributed by atoms with van der Waals surface area (Å²) in [7, 11) is 0. The van der Waals surface area contributed by atoms with Gasteiger partial charge in [-0.25, -0.2) is 0 Å². The molecule has 2 N–H and O–H groups in total. The standard InChI is InChI=1S/C18H19NO2/c1-14(7-8-15-5-3-2-4-6-15)19-17-11-9-16(10-12-17)13-18(20)21/h2-12,14,19H,13H2,1H3,(H,20,21). The van der Waals surface area contributed by atoms with E-state index in [2.05, 4.69) is 36.5 Å². The number of carboxylic acids is 1. The first-order valence-corrected chi connectivity index (χ1v) is 6.94. The van der Waals surface area contributed by atoms with Crippen LogP contribution in [0.5, 0.6) is 0 Å². The molecule has 0 fully saturated rings. The minimum absolute atomic E-state index is 0.0593. The van der Waals surface area contributed by atoms with E-state index in [4.69, 9.17) is 5.11 Å². The Bertz CT molecular complexity index is 603. The lowest BCUT2D eigenvalue weighted by Crippen LogP contribution is -2.11. The third-order valence-electron chi connectivity index (χ3n) is 3.08. The summed E-state index contributed by atoms with van der Waals surface area (Å²) in [5.74, 6) is -0.810. The molecule has 2 rings (SSSR count). The maximum Gasteiger partial charge on any atom is 0.307 e. The predicted molar refractivity (Wildman–Crippen MR) is 86.3 cm³/mol. The summed E-state index contributed by atoms with van der Waals surface area (Å²) in [6.07, 6.45) is 4.24. The van der Waals surface area contributed by atoms with Crippen LogP contribution < -0.4 is 5.32 Å². The van der Waals surface area contributed by atoms with Gasteiger partial charge in [0.1, 0.15) is 0 Å². The Morgan fingerprint density at radius 2 is 1.81 bits per heavy atom. The van der Waals surface area contributed by atoms with Gasteiger partial charge in [0.05, 0.1) is 6.42 Å². The lowest BCUT2D eigenvalue weighted by atomic mass is 10.1. The van der Waals surface area contributed by atoms with E-state index in [0.29, 0.717) is 0 Å². The molecule has 0 aromatic heterocycles. The van der Waals surface area contributed by atoms with Gasteiger partial charge < -0.3 is 10.4 Å². The van der Waals surface area contributed by atoms with Crippen LogP contribution in [-0.2, 0) is 11.2 Å². The van der Waals surface area contributed by atoms with Crippen LogP contribution in [0.1, 0.15) is 18.1 Å². The van der Waals surface area contributed by atoms with Crippen LogP contribution in [-0.4, -0.2) is 17.1 Å². The number of benzene rings is 2. The maximum atomic E-state index is 10.6. The molecular formula is C18H19NO2. The van der Waals surface area contributed by atoms with Gasteiger partial charge in [-0.05, 0) is 30.2 Å². The molecule has 0 saturated heterocycles. The predicted octanol–water partition coefficient (Wildman–Crippen LogP) is 3.83. The van der Waals surface area contributed by atoms with Crippen molar-refractivity contribution < 1.29 is 9.90 Å². The van der Waals surface area contributed by atoms with Crippen LogP contribution in [0.2, 0.25) is 0 Å². The molecule has 0 radical (unpaired) electrons. The number of nitrogens with one attached hydrogen (secondary N) is 1. The Morgan fingerprint density at radius 3 is 2.43 bits per heavy atom. The SMILES string of the molecule is CC(C=Cc1ccccc1)Nc1ccc(CC(=O)O)cc1. The van der Waals surface area contributed by atoms with E-state index in [0.717, 1.165) is 11.3 Å². The second-order valence-electron chi connectivity index (χ2n) is 4.97. The van der Waals surface area contributed by atoms with E-state index in [9.17, 15) is 4.79 Å². The summed E-state index contributed by atoms with van der Waals surface area (Å²) >= 11 is 0. The summed E-state index contributed by atoms with van der Waals surface area (Å²) in [6, 6.07) is 17.8. The fourth-order valence-electron chi connectivity index (χ4n) is 2.02.